The van der Waals surface area contributed by atoms with Crippen molar-refractivity contribution < 1.29 is 9.32 Å². The molecule has 2 heterocycles. The van der Waals surface area contributed by atoms with Gasteiger partial charge in [0.15, 0.2) is 0 Å². The Labute approximate surface area is 168 Å². The number of nitrogens with zero attached hydrogens (tertiary/aromatic N) is 3. The molecule has 2 atom stereocenters. The fraction of sp³-hybridized carbons (Fsp3) is 0.609. The lowest BCUT2D eigenvalue weighted by Gasteiger charge is -2.34. The number of piperidine rings is 1. The van der Waals surface area contributed by atoms with E-state index >= 15 is 0 Å². The summed E-state index contributed by atoms with van der Waals surface area (Å²) < 4.78 is 5.60. The number of likely N-dealkylation sites (tertiary alicyclic amines) is 1. The van der Waals surface area contributed by atoms with Gasteiger partial charge in [-0.2, -0.15) is 4.98 Å². The minimum atomic E-state index is -0.102. The van der Waals surface area contributed by atoms with Gasteiger partial charge in [0.2, 0.25) is 17.6 Å². The zero-order valence-electron chi connectivity index (χ0n) is 17.9. The maximum atomic E-state index is 13.0. The molecule has 3 rings (SSSR count). The predicted octanol–water partition coefficient (Wildman–Crippen LogP) is 5.56. The molecule has 5 nitrogen and oxygen atoms in total. The van der Waals surface area contributed by atoms with Crippen molar-refractivity contribution in [2.45, 2.75) is 72.8 Å². The molecule has 0 bridgehead atoms. The number of hydrogen-bond acceptors (Lipinski definition) is 4. The fourth-order valence-electron chi connectivity index (χ4n) is 4.21. The van der Waals surface area contributed by atoms with E-state index in [4.69, 9.17) is 4.52 Å². The van der Waals surface area contributed by atoms with Crippen molar-refractivity contribution in [1.82, 2.24) is 15.0 Å². The molecule has 0 unspecified atom stereocenters. The Hall–Kier alpha value is -2.17. The van der Waals surface area contributed by atoms with Crippen LogP contribution in [0.25, 0.3) is 11.4 Å². The van der Waals surface area contributed by atoms with Crippen LogP contribution in [0.1, 0.15) is 77.3 Å². The van der Waals surface area contributed by atoms with Crippen LogP contribution in [0.15, 0.2) is 28.8 Å². The first-order valence-electron chi connectivity index (χ1n) is 10.4. The molecule has 152 valence electrons. The highest BCUT2D eigenvalue weighted by atomic mass is 16.5. The number of amides is 1. The standard InChI is InChI=1S/C23H33N3O2/c1-16-9-11-18(12-10-16)21-24-22(28-25-21)19-8-6-7-13-26(19)20(27)14-17(2)15-23(3,4)5/h9-12,17,19H,6-8,13-15H2,1-5H3/t17-,19+/m0/s1. The first-order chi connectivity index (χ1) is 13.2. The van der Waals surface area contributed by atoms with Crippen LogP contribution in [-0.4, -0.2) is 27.5 Å². The summed E-state index contributed by atoms with van der Waals surface area (Å²) in [6.45, 7) is 11.7. The van der Waals surface area contributed by atoms with Crippen LogP contribution in [-0.2, 0) is 4.79 Å². The summed E-state index contributed by atoms with van der Waals surface area (Å²) in [5.41, 5.74) is 2.37. The van der Waals surface area contributed by atoms with Crippen molar-refractivity contribution in [1.29, 1.82) is 0 Å². The summed E-state index contributed by atoms with van der Waals surface area (Å²) in [6.07, 6.45) is 4.61. The molecule has 1 amide bonds. The van der Waals surface area contributed by atoms with Gasteiger partial charge in [0.25, 0.3) is 0 Å². The average Bonchev–Trinajstić information content (AvgIpc) is 3.10. The first kappa shape index (κ1) is 20.6. The van der Waals surface area contributed by atoms with Crippen molar-refractivity contribution in [3.8, 4) is 11.4 Å². The van der Waals surface area contributed by atoms with Gasteiger partial charge in [0.05, 0.1) is 0 Å². The van der Waals surface area contributed by atoms with Crippen LogP contribution in [0.3, 0.4) is 0 Å². The molecule has 0 N–H and O–H groups in total. The van der Waals surface area contributed by atoms with Crippen molar-refractivity contribution in [2.24, 2.45) is 11.3 Å². The van der Waals surface area contributed by atoms with Gasteiger partial charge in [0, 0.05) is 18.5 Å². The smallest absolute Gasteiger partial charge is 0.249 e. The van der Waals surface area contributed by atoms with Crippen molar-refractivity contribution in [2.75, 3.05) is 6.54 Å². The quantitative estimate of drug-likeness (QED) is 0.678. The summed E-state index contributed by atoms with van der Waals surface area (Å²) in [7, 11) is 0. The van der Waals surface area contributed by atoms with Gasteiger partial charge < -0.3 is 9.42 Å². The molecule has 1 saturated heterocycles. The second-order valence-corrected chi connectivity index (χ2v) is 9.50. The largest absolute Gasteiger partial charge is 0.337 e. The van der Waals surface area contributed by atoms with Crippen molar-refractivity contribution in [3.63, 3.8) is 0 Å². The number of aromatic nitrogens is 2. The number of rotatable bonds is 5. The number of benzene rings is 1. The molecule has 5 heteroatoms. The lowest BCUT2D eigenvalue weighted by atomic mass is 9.84. The van der Waals surface area contributed by atoms with E-state index in [9.17, 15) is 4.79 Å². The lowest BCUT2D eigenvalue weighted by Crippen LogP contribution is -2.39. The van der Waals surface area contributed by atoms with Crippen LogP contribution in [0.2, 0.25) is 0 Å². The normalized spacial score (nSPS) is 18.9. The Balaban J connectivity index is 1.73. The molecule has 1 fully saturated rings. The van der Waals surface area contributed by atoms with Gasteiger partial charge in [-0.1, -0.05) is 62.7 Å². The van der Waals surface area contributed by atoms with Crippen LogP contribution < -0.4 is 0 Å². The van der Waals surface area contributed by atoms with E-state index < -0.39 is 0 Å². The lowest BCUT2D eigenvalue weighted by molar-refractivity contribution is -0.136. The van der Waals surface area contributed by atoms with Gasteiger partial charge in [-0.05, 0) is 43.9 Å². The Morgan fingerprint density at radius 3 is 2.64 bits per heavy atom. The molecule has 0 radical (unpaired) electrons. The second kappa shape index (κ2) is 8.46. The summed E-state index contributed by atoms with van der Waals surface area (Å²) in [5, 5.41) is 4.17. The third kappa shape index (κ3) is 5.21. The maximum Gasteiger partial charge on any atom is 0.249 e. The van der Waals surface area contributed by atoms with Crippen LogP contribution in [0, 0.1) is 18.3 Å². The third-order valence-electron chi connectivity index (χ3n) is 5.34. The molecule has 0 saturated carbocycles. The number of carbonyl (C=O) groups excluding carboxylic acids is 1. The molecular weight excluding hydrogens is 350 g/mol. The zero-order valence-corrected chi connectivity index (χ0v) is 17.9. The molecule has 0 aliphatic carbocycles. The highest BCUT2D eigenvalue weighted by molar-refractivity contribution is 5.77. The van der Waals surface area contributed by atoms with Gasteiger partial charge in [-0.25, -0.2) is 0 Å². The first-order valence-corrected chi connectivity index (χ1v) is 10.4. The van der Waals surface area contributed by atoms with Crippen molar-refractivity contribution >= 4 is 5.91 Å². The third-order valence-corrected chi connectivity index (χ3v) is 5.34. The Morgan fingerprint density at radius 2 is 1.96 bits per heavy atom. The molecule has 1 aliphatic heterocycles. The monoisotopic (exact) mass is 383 g/mol. The fourth-order valence-corrected chi connectivity index (χ4v) is 4.21. The summed E-state index contributed by atoms with van der Waals surface area (Å²) in [5.74, 6) is 1.72. The van der Waals surface area contributed by atoms with Gasteiger partial charge in [0.1, 0.15) is 6.04 Å². The molecule has 2 aromatic rings. The van der Waals surface area contributed by atoms with E-state index in [1.54, 1.807) is 0 Å². The summed E-state index contributed by atoms with van der Waals surface area (Å²) >= 11 is 0. The van der Waals surface area contributed by atoms with Gasteiger partial charge in [-0.3, -0.25) is 4.79 Å². The predicted molar refractivity (Wildman–Crippen MR) is 111 cm³/mol. The Morgan fingerprint density at radius 1 is 1.25 bits per heavy atom. The van der Waals surface area contributed by atoms with E-state index in [1.807, 2.05) is 29.2 Å². The minimum absolute atomic E-state index is 0.102. The van der Waals surface area contributed by atoms with Crippen LogP contribution in [0.4, 0.5) is 0 Å². The van der Waals surface area contributed by atoms with Crippen LogP contribution in [0.5, 0.6) is 0 Å². The Bertz CT molecular complexity index is 789. The topological polar surface area (TPSA) is 59.2 Å². The molecule has 1 aromatic carbocycles. The van der Waals surface area contributed by atoms with E-state index in [2.05, 4.69) is 44.8 Å². The van der Waals surface area contributed by atoms with E-state index in [0.717, 1.165) is 37.8 Å². The highest BCUT2D eigenvalue weighted by Gasteiger charge is 2.33. The average molecular weight is 384 g/mol. The van der Waals surface area contributed by atoms with E-state index in [1.165, 1.54) is 5.56 Å². The zero-order chi connectivity index (χ0) is 20.3. The number of aryl methyl sites for hydroxylation is 1. The molecule has 1 aromatic heterocycles. The van der Waals surface area contributed by atoms with Crippen molar-refractivity contribution in [3.05, 3.63) is 35.7 Å². The van der Waals surface area contributed by atoms with Gasteiger partial charge >= 0.3 is 0 Å². The highest BCUT2D eigenvalue weighted by Crippen LogP contribution is 2.33. The Kier molecular flexibility index (Phi) is 6.21. The number of hydrogen-bond donors (Lipinski definition) is 0. The molecule has 1 aliphatic rings. The van der Waals surface area contributed by atoms with Crippen LogP contribution >= 0.6 is 0 Å². The van der Waals surface area contributed by atoms with E-state index in [-0.39, 0.29) is 17.4 Å². The van der Waals surface area contributed by atoms with E-state index in [0.29, 0.717) is 24.1 Å². The SMILES string of the molecule is Cc1ccc(-c2noc([C@H]3CCCCN3C(=O)C[C@H](C)CC(C)(C)C)n2)cc1. The second-order valence-electron chi connectivity index (χ2n) is 9.50. The maximum absolute atomic E-state index is 13.0. The number of carbonyl (C=O) groups is 1. The molecule has 0 spiro atoms. The minimum Gasteiger partial charge on any atom is -0.337 e. The molecular formula is C23H33N3O2. The summed E-state index contributed by atoms with van der Waals surface area (Å²) in [6, 6.07) is 7.98. The van der Waals surface area contributed by atoms with Gasteiger partial charge in [-0.15, -0.1) is 0 Å². The summed E-state index contributed by atoms with van der Waals surface area (Å²) in [4.78, 5) is 19.6. The molecule has 28 heavy (non-hydrogen) atoms.